The van der Waals surface area contributed by atoms with E-state index in [-0.39, 0.29) is 18.4 Å². The van der Waals surface area contributed by atoms with Crippen LogP contribution in [0.4, 0.5) is 5.00 Å². The third-order valence-electron chi connectivity index (χ3n) is 4.83. The summed E-state index contributed by atoms with van der Waals surface area (Å²) in [5.41, 5.74) is 1.59. The van der Waals surface area contributed by atoms with Crippen molar-refractivity contribution in [1.82, 2.24) is 4.90 Å². The summed E-state index contributed by atoms with van der Waals surface area (Å²) in [5.74, 6) is 0.0909. The lowest BCUT2D eigenvalue weighted by atomic mass is 9.88. The van der Waals surface area contributed by atoms with Crippen molar-refractivity contribution in [1.29, 1.82) is 0 Å². The van der Waals surface area contributed by atoms with Crippen molar-refractivity contribution in [3.8, 4) is 0 Å². The Morgan fingerprint density at radius 1 is 1.21 bits per heavy atom. The second-order valence-corrected chi connectivity index (χ2v) is 8.19. The van der Waals surface area contributed by atoms with Crippen LogP contribution >= 0.6 is 11.3 Å². The lowest BCUT2D eigenvalue weighted by Crippen LogP contribution is -2.37. The van der Waals surface area contributed by atoms with Gasteiger partial charge in [0.25, 0.3) is 0 Å². The van der Waals surface area contributed by atoms with E-state index in [4.69, 9.17) is 14.2 Å². The predicted octanol–water partition coefficient (Wildman–Crippen LogP) is 2.58. The molecule has 2 rings (SSSR count). The first-order valence-corrected chi connectivity index (χ1v) is 10.6. The van der Waals surface area contributed by atoms with Crippen molar-refractivity contribution in [2.45, 2.75) is 33.1 Å². The fraction of sp³-hybridized carbons (Fsp3) is 0.700. The van der Waals surface area contributed by atoms with Crippen LogP contribution < -0.4 is 5.32 Å². The first-order valence-electron chi connectivity index (χ1n) is 9.81. The van der Waals surface area contributed by atoms with E-state index in [1.54, 1.807) is 21.1 Å². The quantitative estimate of drug-likeness (QED) is 0.563. The van der Waals surface area contributed by atoms with Gasteiger partial charge in [0.05, 0.1) is 31.9 Å². The van der Waals surface area contributed by atoms with E-state index in [1.165, 1.54) is 16.2 Å². The minimum atomic E-state index is -0.347. The van der Waals surface area contributed by atoms with Crippen LogP contribution in [0.15, 0.2) is 0 Å². The van der Waals surface area contributed by atoms with Crippen molar-refractivity contribution >= 4 is 28.2 Å². The minimum Gasteiger partial charge on any atom is -0.462 e. The number of methoxy groups -OCH3 is 2. The number of ether oxygens (including phenoxy) is 3. The molecule has 0 aromatic carbocycles. The average Bonchev–Trinajstić information content (AvgIpc) is 3.00. The van der Waals surface area contributed by atoms with E-state index < -0.39 is 0 Å². The number of carbonyl (C=O) groups excluding carboxylic acids is 2. The van der Waals surface area contributed by atoms with Gasteiger partial charge in [-0.25, -0.2) is 4.79 Å². The molecule has 0 radical (unpaired) electrons. The van der Waals surface area contributed by atoms with Gasteiger partial charge in [-0.05, 0) is 37.7 Å². The molecule has 28 heavy (non-hydrogen) atoms. The molecule has 0 bridgehead atoms. The van der Waals surface area contributed by atoms with Gasteiger partial charge in [0.1, 0.15) is 5.00 Å². The van der Waals surface area contributed by atoms with Gasteiger partial charge in [-0.2, -0.15) is 0 Å². The fourth-order valence-electron chi connectivity index (χ4n) is 3.34. The van der Waals surface area contributed by atoms with Crippen molar-refractivity contribution in [2.75, 3.05) is 59.0 Å². The Morgan fingerprint density at radius 2 is 1.89 bits per heavy atom. The first kappa shape index (κ1) is 22.8. The van der Waals surface area contributed by atoms with E-state index in [0.29, 0.717) is 49.4 Å². The largest absolute Gasteiger partial charge is 0.462 e. The first-order chi connectivity index (χ1) is 13.5. The Kier molecular flexibility index (Phi) is 9.37. The molecule has 0 aliphatic heterocycles. The number of hydrogen-bond donors (Lipinski definition) is 1. The molecule has 1 N–H and O–H groups in total. The Hall–Kier alpha value is -1.48. The van der Waals surface area contributed by atoms with Gasteiger partial charge < -0.3 is 19.5 Å². The number of amides is 1. The summed E-state index contributed by atoms with van der Waals surface area (Å²) in [5, 5.41) is 3.57. The van der Waals surface area contributed by atoms with Gasteiger partial charge in [-0.15, -0.1) is 11.3 Å². The maximum absolute atomic E-state index is 12.7. The number of nitrogens with one attached hydrogen (secondary N) is 1. The SMILES string of the molecule is CCOC(=O)c1c(NC(=O)CN(CCOC)CCOC)sc2c1CCC(C)C2. The highest BCUT2D eigenvalue weighted by molar-refractivity contribution is 7.17. The molecular formula is C20H32N2O5S. The van der Waals surface area contributed by atoms with Gasteiger partial charge in [0, 0.05) is 32.2 Å². The topological polar surface area (TPSA) is 77.1 Å². The maximum atomic E-state index is 12.7. The molecule has 1 aliphatic carbocycles. The number of carbonyl (C=O) groups is 2. The lowest BCUT2D eigenvalue weighted by molar-refractivity contribution is -0.117. The van der Waals surface area contributed by atoms with Crippen molar-refractivity contribution in [3.05, 3.63) is 16.0 Å². The van der Waals surface area contributed by atoms with Gasteiger partial charge in [0.15, 0.2) is 0 Å². The molecule has 7 nitrogen and oxygen atoms in total. The smallest absolute Gasteiger partial charge is 0.341 e. The highest BCUT2D eigenvalue weighted by Gasteiger charge is 2.29. The summed E-state index contributed by atoms with van der Waals surface area (Å²) in [6.45, 7) is 6.89. The van der Waals surface area contributed by atoms with Crippen molar-refractivity contribution < 1.29 is 23.8 Å². The van der Waals surface area contributed by atoms with E-state index in [1.807, 2.05) is 4.90 Å². The maximum Gasteiger partial charge on any atom is 0.341 e. The number of nitrogens with zero attached hydrogens (tertiary/aromatic N) is 1. The Balaban J connectivity index is 2.14. The molecule has 1 atom stereocenters. The molecule has 0 saturated carbocycles. The molecule has 1 unspecified atom stereocenters. The summed E-state index contributed by atoms with van der Waals surface area (Å²) in [6, 6.07) is 0. The molecule has 0 fully saturated rings. The van der Waals surface area contributed by atoms with Crippen LogP contribution in [0.3, 0.4) is 0 Å². The minimum absolute atomic E-state index is 0.149. The molecule has 1 aliphatic rings. The zero-order valence-electron chi connectivity index (χ0n) is 17.3. The average molecular weight is 413 g/mol. The van der Waals surface area contributed by atoms with Crippen LogP contribution in [0.5, 0.6) is 0 Å². The lowest BCUT2D eigenvalue weighted by Gasteiger charge is -2.21. The van der Waals surface area contributed by atoms with Gasteiger partial charge >= 0.3 is 5.97 Å². The second-order valence-electron chi connectivity index (χ2n) is 7.09. The summed E-state index contributed by atoms with van der Waals surface area (Å²) >= 11 is 1.51. The normalized spacial score (nSPS) is 16.1. The monoisotopic (exact) mass is 412 g/mol. The van der Waals surface area contributed by atoms with E-state index in [0.717, 1.165) is 24.8 Å². The number of thiophene rings is 1. The molecule has 0 saturated heterocycles. The zero-order chi connectivity index (χ0) is 20.5. The number of hydrogen-bond acceptors (Lipinski definition) is 7. The highest BCUT2D eigenvalue weighted by Crippen LogP contribution is 2.40. The second kappa shape index (κ2) is 11.5. The zero-order valence-corrected chi connectivity index (χ0v) is 18.2. The van der Waals surface area contributed by atoms with Crippen LogP contribution in [0.25, 0.3) is 0 Å². The summed E-state index contributed by atoms with van der Waals surface area (Å²) in [7, 11) is 3.27. The summed E-state index contributed by atoms with van der Waals surface area (Å²) in [4.78, 5) is 28.4. The third-order valence-corrected chi connectivity index (χ3v) is 6.00. The molecule has 1 aromatic rings. The number of esters is 1. The van der Waals surface area contributed by atoms with Gasteiger partial charge in [-0.3, -0.25) is 9.69 Å². The van der Waals surface area contributed by atoms with Crippen LogP contribution in [-0.2, 0) is 31.8 Å². The van der Waals surface area contributed by atoms with Crippen LogP contribution in [0.1, 0.15) is 41.1 Å². The Bertz CT molecular complexity index is 653. The predicted molar refractivity (Wildman–Crippen MR) is 110 cm³/mol. The molecular weight excluding hydrogens is 380 g/mol. The van der Waals surface area contributed by atoms with Crippen LogP contribution in [0.2, 0.25) is 0 Å². The summed E-state index contributed by atoms with van der Waals surface area (Å²) in [6.07, 6.45) is 2.84. The highest BCUT2D eigenvalue weighted by atomic mass is 32.1. The van der Waals surface area contributed by atoms with Crippen molar-refractivity contribution in [2.24, 2.45) is 5.92 Å². The van der Waals surface area contributed by atoms with E-state index in [2.05, 4.69) is 12.2 Å². The molecule has 1 aromatic heterocycles. The number of rotatable bonds is 11. The van der Waals surface area contributed by atoms with E-state index >= 15 is 0 Å². The molecule has 1 amide bonds. The van der Waals surface area contributed by atoms with E-state index in [9.17, 15) is 9.59 Å². The third kappa shape index (κ3) is 6.27. The van der Waals surface area contributed by atoms with Gasteiger partial charge in [-0.1, -0.05) is 6.92 Å². The van der Waals surface area contributed by atoms with Crippen LogP contribution in [0, 0.1) is 5.92 Å². The molecule has 8 heteroatoms. The molecule has 158 valence electrons. The van der Waals surface area contributed by atoms with Gasteiger partial charge in [0.2, 0.25) is 5.91 Å². The fourth-order valence-corrected chi connectivity index (χ4v) is 4.75. The Morgan fingerprint density at radius 3 is 2.50 bits per heavy atom. The number of anilines is 1. The summed E-state index contributed by atoms with van der Waals surface area (Å²) < 4.78 is 15.5. The number of fused-ring (bicyclic) bond motifs is 1. The molecule has 1 heterocycles. The Labute approximate surface area is 171 Å². The van der Waals surface area contributed by atoms with Crippen molar-refractivity contribution in [3.63, 3.8) is 0 Å². The standard InChI is InChI=1S/C20H32N2O5S/c1-5-27-20(24)18-15-7-6-14(2)12-16(15)28-19(18)21-17(23)13-22(8-10-25-3)9-11-26-4/h14H,5-13H2,1-4H3,(H,21,23). The van der Waals surface area contributed by atoms with Crippen LogP contribution in [-0.4, -0.2) is 70.5 Å². The molecule has 0 spiro atoms.